The third-order valence-electron chi connectivity index (χ3n) is 2.24. The summed E-state index contributed by atoms with van der Waals surface area (Å²) in [6, 6.07) is 11.2. The van der Waals surface area contributed by atoms with Gasteiger partial charge in [-0.3, -0.25) is 0 Å². The van der Waals surface area contributed by atoms with Gasteiger partial charge in [-0.15, -0.1) is 0 Å². The zero-order valence-electron chi connectivity index (χ0n) is 9.31. The number of ether oxygens (including phenoxy) is 1. The van der Waals surface area contributed by atoms with Crippen LogP contribution in [0.5, 0.6) is 11.5 Å². The minimum atomic E-state index is -3.76. The normalized spacial score (nSPS) is 11.3. The van der Waals surface area contributed by atoms with Crippen molar-refractivity contribution in [3.8, 4) is 11.5 Å². The summed E-state index contributed by atoms with van der Waals surface area (Å²) in [5.74, 6) is 0.920. The van der Waals surface area contributed by atoms with E-state index < -0.39 is 9.05 Å². The molecule has 0 bridgehead atoms. The standard InChI is InChI=1S/C12H7BrCl2O3S/c13-9-7-8(19(15,16)17)5-6-11(9)18-12-4-2-1-3-10(12)14/h1-7H. The third-order valence-corrected chi connectivity index (χ3v) is 4.52. The van der Waals surface area contributed by atoms with E-state index in [9.17, 15) is 8.42 Å². The summed E-state index contributed by atoms with van der Waals surface area (Å²) in [5, 5.41) is 0.462. The van der Waals surface area contributed by atoms with Crippen molar-refractivity contribution in [3.63, 3.8) is 0 Å². The molecule has 19 heavy (non-hydrogen) atoms. The fourth-order valence-corrected chi connectivity index (χ4v) is 2.92. The van der Waals surface area contributed by atoms with Crippen LogP contribution in [0.25, 0.3) is 0 Å². The van der Waals surface area contributed by atoms with Gasteiger partial charge in [-0.2, -0.15) is 0 Å². The average Bonchev–Trinajstić information content (AvgIpc) is 2.33. The molecule has 0 radical (unpaired) electrons. The first-order valence-corrected chi connectivity index (χ1v) is 8.52. The maximum Gasteiger partial charge on any atom is 0.261 e. The van der Waals surface area contributed by atoms with Gasteiger partial charge in [0.1, 0.15) is 11.5 Å². The molecule has 0 fully saturated rings. The minimum Gasteiger partial charge on any atom is -0.455 e. The predicted octanol–water partition coefficient (Wildman–Crippen LogP) is 4.82. The molecule has 0 spiro atoms. The van der Waals surface area contributed by atoms with E-state index in [2.05, 4.69) is 15.9 Å². The fourth-order valence-electron chi connectivity index (χ4n) is 1.36. The van der Waals surface area contributed by atoms with Crippen molar-refractivity contribution >= 4 is 47.3 Å². The summed E-state index contributed by atoms with van der Waals surface area (Å²) >= 11 is 9.20. The predicted molar refractivity (Wildman–Crippen MR) is 78.7 cm³/mol. The lowest BCUT2D eigenvalue weighted by Gasteiger charge is -2.09. The molecule has 2 rings (SSSR count). The van der Waals surface area contributed by atoms with Gasteiger partial charge in [0.25, 0.3) is 9.05 Å². The molecule has 0 aromatic heterocycles. The maximum absolute atomic E-state index is 11.2. The largest absolute Gasteiger partial charge is 0.455 e. The first kappa shape index (κ1) is 14.7. The summed E-state index contributed by atoms with van der Waals surface area (Å²) in [4.78, 5) is -0.00690. The highest BCUT2D eigenvalue weighted by Crippen LogP contribution is 2.35. The topological polar surface area (TPSA) is 43.4 Å². The summed E-state index contributed by atoms with van der Waals surface area (Å²) in [5.41, 5.74) is 0. The molecule has 2 aromatic rings. The highest BCUT2D eigenvalue weighted by molar-refractivity contribution is 9.10. The summed E-state index contributed by atoms with van der Waals surface area (Å²) in [6.45, 7) is 0. The number of rotatable bonds is 3. The van der Waals surface area contributed by atoms with Gasteiger partial charge in [0.05, 0.1) is 14.4 Å². The van der Waals surface area contributed by atoms with Crippen molar-refractivity contribution in [1.82, 2.24) is 0 Å². The maximum atomic E-state index is 11.2. The molecule has 100 valence electrons. The lowest BCUT2D eigenvalue weighted by Crippen LogP contribution is -1.92. The van der Waals surface area contributed by atoms with Gasteiger partial charge >= 0.3 is 0 Å². The van der Waals surface area contributed by atoms with Crippen LogP contribution in [-0.2, 0) is 9.05 Å². The molecule has 0 saturated carbocycles. The van der Waals surface area contributed by atoms with E-state index >= 15 is 0 Å². The van der Waals surface area contributed by atoms with Gasteiger partial charge in [0.2, 0.25) is 0 Å². The molecular weight excluding hydrogens is 375 g/mol. The fraction of sp³-hybridized carbons (Fsp3) is 0. The van der Waals surface area contributed by atoms with Gasteiger partial charge in [0, 0.05) is 10.7 Å². The Morgan fingerprint density at radius 3 is 2.32 bits per heavy atom. The smallest absolute Gasteiger partial charge is 0.261 e. The molecule has 0 saturated heterocycles. The Morgan fingerprint density at radius 1 is 1.05 bits per heavy atom. The Labute approximate surface area is 128 Å². The van der Waals surface area contributed by atoms with Crippen LogP contribution in [0.3, 0.4) is 0 Å². The van der Waals surface area contributed by atoms with E-state index in [0.29, 0.717) is 21.0 Å². The van der Waals surface area contributed by atoms with Crippen LogP contribution in [0, 0.1) is 0 Å². The molecule has 0 atom stereocenters. The molecule has 3 nitrogen and oxygen atoms in total. The van der Waals surface area contributed by atoms with Crippen molar-refractivity contribution in [2.45, 2.75) is 4.90 Å². The van der Waals surface area contributed by atoms with Gasteiger partial charge in [-0.25, -0.2) is 8.42 Å². The number of hydrogen-bond acceptors (Lipinski definition) is 3. The first-order chi connectivity index (χ1) is 8.88. The molecule has 0 amide bonds. The van der Waals surface area contributed by atoms with Gasteiger partial charge in [-0.1, -0.05) is 23.7 Å². The van der Waals surface area contributed by atoms with Crippen LogP contribution in [0.2, 0.25) is 5.02 Å². The summed E-state index contributed by atoms with van der Waals surface area (Å²) in [7, 11) is 1.50. The highest BCUT2D eigenvalue weighted by atomic mass is 79.9. The van der Waals surface area contributed by atoms with Crippen LogP contribution in [-0.4, -0.2) is 8.42 Å². The number of hydrogen-bond donors (Lipinski definition) is 0. The lowest BCUT2D eigenvalue weighted by molar-refractivity contribution is 0.479. The van der Waals surface area contributed by atoms with Crippen LogP contribution < -0.4 is 4.74 Å². The van der Waals surface area contributed by atoms with E-state index in [1.54, 1.807) is 24.3 Å². The molecular formula is C12H7BrCl2O3S. The zero-order valence-corrected chi connectivity index (χ0v) is 13.2. The second-order valence-electron chi connectivity index (χ2n) is 3.56. The Balaban J connectivity index is 2.36. The Bertz CT molecular complexity index is 717. The van der Waals surface area contributed by atoms with E-state index in [0.717, 1.165) is 0 Å². The molecule has 7 heteroatoms. The van der Waals surface area contributed by atoms with Gasteiger partial charge in [-0.05, 0) is 46.3 Å². The lowest BCUT2D eigenvalue weighted by atomic mass is 10.3. The van der Waals surface area contributed by atoms with Gasteiger partial charge in [0.15, 0.2) is 0 Å². The Morgan fingerprint density at radius 2 is 1.74 bits per heavy atom. The third kappa shape index (κ3) is 3.63. The Hall–Kier alpha value is -0.750. The first-order valence-electron chi connectivity index (χ1n) is 5.04. The zero-order chi connectivity index (χ0) is 14.0. The minimum absolute atomic E-state index is 0.00690. The second-order valence-corrected chi connectivity index (χ2v) is 7.39. The van der Waals surface area contributed by atoms with Crippen molar-refractivity contribution in [2.24, 2.45) is 0 Å². The molecule has 0 heterocycles. The van der Waals surface area contributed by atoms with Crippen LogP contribution in [0.4, 0.5) is 0 Å². The SMILES string of the molecule is O=S(=O)(Cl)c1ccc(Oc2ccccc2Cl)c(Br)c1. The van der Waals surface area contributed by atoms with Crippen molar-refractivity contribution in [3.05, 3.63) is 52.0 Å². The van der Waals surface area contributed by atoms with E-state index in [1.807, 2.05) is 0 Å². The molecule has 2 aromatic carbocycles. The average molecular weight is 382 g/mol. The van der Waals surface area contributed by atoms with Crippen molar-refractivity contribution in [2.75, 3.05) is 0 Å². The molecule has 0 aliphatic heterocycles. The molecule has 0 aliphatic carbocycles. The van der Waals surface area contributed by atoms with E-state index in [4.69, 9.17) is 27.0 Å². The van der Waals surface area contributed by atoms with Crippen molar-refractivity contribution < 1.29 is 13.2 Å². The summed E-state index contributed by atoms with van der Waals surface area (Å²) in [6.07, 6.45) is 0. The van der Waals surface area contributed by atoms with Crippen molar-refractivity contribution in [1.29, 1.82) is 0 Å². The Kier molecular flexibility index (Phi) is 4.40. The van der Waals surface area contributed by atoms with Gasteiger partial charge < -0.3 is 4.74 Å². The molecule has 0 unspecified atom stereocenters. The monoisotopic (exact) mass is 380 g/mol. The summed E-state index contributed by atoms with van der Waals surface area (Å²) < 4.78 is 28.4. The molecule has 0 aliphatic rings. The van der Waals surface area contributed by atoms with E-state index in [1.165, 1.54) is 18.2 Å². The quantitative estimate of drug-likeness (QED) is 0.715. The van der Waals surface area contributed by atoms with E-state index in [-0.39, 0.29) is 4.90 Å². The molecule has 0 N–H and O–H groups in total. The number of benzene rings is 2. The number of para-hydroxylation sites is 1. The highest BCUT2D eigenvalue weighted by Gasteiger charge is 2.13. The van der Waals surface area contributed by atoms with Crippen LogP contribution in [0.15, 0.2) is 51.8 Å². The second kappa shape index (κ2) is 5.71. The number of halogens is 3. The van der Waals surface area contributed by atoms with Crippen LogP contribution in [0.1, 0.15) is 0 Å². The van der Waals surface area contributed by atoms with Crippen LogP contribution >= 0.6 is 38.2 Å².